The highest BCUT2D eigenvalue weighted by Gasteiger charge is 1.93. The average Bonchev–Trinajstić information content (AvgIpc) is 2.43. The first-order valence-electron chi connectivity index (χ1n) is 8.08. The Labute approximate surface area is 124 Å². The molecule has 0 fully saturated rings. The maximum absolute atomic E-state index is 10.0. The van der Waals surface area contributed by atoms with Gasteiger partial charge >= 0.3 is 0 Å². The van der Waals surface area contributed by atoms with Crippen molar-refractivity contribution in [3.8, 4) is 0 Å². The summed E-state index contributed by atoms with van der Waals surface area (Å²) >= 11 is 5.64. The summed E-state index contributed by atoms with van der Waals surface area (Å²) in [6, 6.07) is 0. The van der Waals surface area contributed by atoms with Crippen molar-refractivity contribution >= 4 is 17.9 Å². The quantitative estimate of drug-likeness (QED) is 0.155. The summed E-state index contributed by atoms with van der Waals surface area (Å²) in [5, 5.41) is 0. The van der Waals surface area contributed by atoms with Crippen LogP contribution in [0.2, 0.25) is 0 Å². The molecule has 0 aromatic rings. The van der Waals surface area contributed by atoms with E-state index in [9.17, 15) is 4.79 Å². The van der Waals surface area contributed by atoms with Crippen LogP contribution in [0.5, 0.6) is 0 Å². The molecule has 0 unspecified atom stereocenters. The second-order valence-corrected chi connectivity index (χ2v) is 5.66. The Morgan fingerprint density at radius 1 is 0.632 bits per heavy atom. The smallest absolute Gasteiger partial charge is 0.142 e. The lowest BCUT2D eigenvalue weighted by molar-refractivity contribution is -0.104. The number of alkyl halides is 1. The number of unbranched alkanes of at least 4 members (excludes halogenated alkanes) is 12. The van der Waals surface area contributed by atoms with Crippen molar-refractivity contribution in [2.24, 2.45) is 0 Å². The molecule has 0 rings (SSSR count). The van der Waals surface area contributed by atoms with E-state index in [2.05, 4.69) is 0 Å². The van der Waals surface area contributed by atoms with Gasteiger partial charge in [0.2, 0.25) is 0 Å². The fourth-order valence-electron chi connectivity index (χ4n) is 2.28. The van der Waals surface area contributed by atoms with Crippen LogP contribution in [0, 0.1) is 0 Å². The second kappa shape index (κ2) is 17.7. The minimum atomic E-state index is 0.824. The van der Waals surface area contributed by atoms with Crippen molar-refractivity contribution in [2.75, 3.05) is 5.88 Å². The molecule has 19 heavy (non-hydrogen) atoms. The van der Waals surface area contributed by atoms with Gasteiger partial charge in [-0.1, -0.05) is 70.3 Å². The van der Waals surface area contributed by atoms with Crippen LogP contribution < -0.4 is 0 Å². The minimum absolute atomic E-state index is 0.824. The van der Waals surface area contributed by atoms with Crippen LogP contribution in [0.3, 0.4) is 0 Å². The van der Waals surface area contributed by atoms with Crippen molar-refractivity contribution in [3.05, 3.63) is 12.2 Å². The first-order chi connectivity index (χ1) is 9.41. The van der Waals surface area contributed by atoms with Gasteiger partial charge in [0.25, 0.3) is 0 Å². The van der Waals surface area contributed by atoms with Crippen LogP contribution >= 0.6 is 11.6 Å². The molecular weight excluding hydrogens is 256 g/mol. The summed E-state index contributed by atoms with van der Waals surface area (Å²) in [7, 11) is 0. The van der Waals surface area contributed by atoms with Crippen LogP contribution in [-0.4, -0.2) is 12.2 Å². The Balaban J connectivity index is 2.95. The molecule has 0 aliphatic rings. The van der Waals surface area contributed by atoms with Gasteiger partial charge in [0.05, 0.1) is 0 Å². The van der Waals surface area contributed by atoms with Crippen molar-refractivity contribution in [1.29, 1.82) is 0 Å². The van der Waals surface area contributed by atoms with Crippen LogP contribution in [0.1, 0.15) is 83.5 Å². The highest BCUT2D eigenvalue weighted by atomic mass is 35.5. The topological polar surface area (TPSA) is 17.1 Å². The van der Waals surface area contributed by atoms with Crippen LogP contribution in [0.4, 0.5) is 0 Å². The zero-order valence-electron chi connectivity index (χ0n) is 12.4. The number of carbonyl (C=O) groups excluding carboxylic acids is 1. The third-order valence-electron chi connectivity index (χ3n) is 3.47. The predicted molar refractivity (Wildman–Crippen MR) is 85.9 cm³/mol. The number of allylic oxidation sites excluding steroid dienone is 2. The van der Waals surface area contributed by atoms with E-state index in [1.165, 1.54) is 77.0 Å². The first-order valence-corrected chi connectivity index (χ1v) is 8.61. The van der Waals surface area contributed by atoms with Gasteiger partial charge in [-0.2, -0.15) is 0 Å². The molecular formula is C17H31ClO. The lowest BCUT2D eigenvalue weighted by Crippen LogP contribution is -1.83. The van der Waals surface area contributed by atoms with Gasteiger partial charge < -0.3 is 0 Å². The van der Waals surface area contributed by atoms with Gasteiger partial charge in [-0.3, -0.25) is 4.79 Å². The number of hydrogen-bond acceptors (Lipinski definition) is 1. The number of rotatable bonds is 15. The summed E-state index contributed by atoms with van der Waals surface area (Å²) < 4.78 is 0. The van der Waals surface area contributed by atoms with Crippen molar-refractivity contribution < 1.29 is 4.79 Å². The second-order valence-electron chi connectivity index (χ2n) is 5.28. The third-order valence-corrected chi connectivity index (χ3v) is 3.74. The molecule has 0 aromatic carbocycles. The molecule has 2 heteroatoms. The largest absolute Gasteiger partial charge is 0.299 e. The van der Waals surface area contributed by atoms with E-state index in [1.807, 2.05) is 6.08 Å². The monoisotopic (exact) mass is 286 g/mol. The zero-order chi connectivity index (χ0) is 14.0. The molecule has 1 nitrogen and oxygen atoms in total. The van der Waals surface area contributed by atoms with E-state index >= 15 is 0 Å². The maximum atomic E-state index is 10.0. The zero-order valence-corrected chi connectivity index (χ0v) is 13.2. The highest BCUT2D eigenvalue weighted by molar-refractivity contribution is 6.17. The van der Waals surface area contributed by atoms with E-state index in [0.29, 0.717) is 0 Å². The number of hydrogen-bond donors (Lipinski definition) is 0. The van der Waals surface area contributed by atoms with Gasteiger partial charge in [0.1, 0.15) is 6.29 Å². The molecule has 112 valence electrons. The van der Waals surface area contributed by atoms with Crippen molar-refractivity contribution in [1.82, 2.24) is 0 Å². The van der Waals surface area contributed by atoms with Crippen LogP contribution in [-0.2, 0) is 4.79 Å². The third kappa shape index (κ3) is 17.7. The van der Waals surface area contributed by atoms with E-state index in [1.54, 1.807) is 6.08 Å². The van der Waals surface area contributed by atoms with Crippen molar-refractivity contribution in [3.63, 3.8) is 0 Å². The Morgan fingerprint density at radius 2 is 1.05 bits per heavy atom. The SMILES string of the molecule is O=C/C=C/CCCCCCCCCCCCCCCl. The molecule has 0 atom stereocenters. The summed E-state index contributed by atoms with van der Waals surface area (Å²) in [4.78, 5) is 10.0. The van der Waals surface area contributed by atoms with Crippen LogP contribution in [0.25, 0.3) is 0 Å². The normalized spacial score (nSPS) is 11.2. The standard InChI is InChI=1S/C17H31ClO/c18-16-14-12-10-8-6-4-2-1-3-5-7-9-11-13-15-17-19/h13,15,17H,1-12,14,16H2/b15-13+. The Bertz CT molecular complexity index is 201. The highest BCUT2D eigenvalue weighted by Crippen LogP contribution is 2.12. The average molecular weight is 287 g/mol. The first kappa shape index (κ1) is 18.7. The summed E-state index contributed by atoms with van der Waals surface area (Å²) in [5.74, 6) is 0.824. The molecule has 0 bridgehead atoms. The Hall–Kier alpha value is -0.300. The van der Waals surface area contributed by atoms with E-state index in [0.717, 1.165) is 18.6 Å². The fourth-order valence-corrected chi connectivity index (χ4v) is 2.47. The van der Waals surface area contributed by atoms with Gasteiger partial charge in [0.15, 0.2) is 0 Å². The molecule has 0 saturated heterocycles. The van der Waals surface area contributed by atoms with E-state index < -0.39 is 0 Å². The maximum Gasteiger partial charge on any atom is 0.142 e. The van der Waals surface area contributed by atoms with Gasteiger partial charge in [-0.25, -0.2) is 0 Å². The lowest BCUT2D eigenvalue weighted by atomic mass is 10.0. The molecule has 0 saturated carbocycles. The molecule has 0 N–H and O–H groups in total. The molecule has 0 aliphatic carbocycles. The molecule has 0 aliphatic heterocycles. The fraction of sp³-hybridized carbons (Fsp3) is 0.824. The summed E-state index contributed by atoms with van der Waals surface area (Å²) in [5.41, 5.74) is 0. The number of carbonyl (C=O) groups is 1. The van der Waals surface area contributed by atoms with E-state index in [4.69, 9.17) is 11.6 Å². The van der Waals surface area contributed by atoms with E-state index in [-0.39, 0.29) is 0 Å². The predicted octanol–water partition coefficient (Wildman–Crippen LogP) is 6.05. The Morgan fingerprint density at radius 3 is 1.47 bits per heavy atom. The summed E-state index contributed by atoms with van der Waals surface area (Å²) in [6.45, 7) is 0. The molecule has 0 spiro atoms. The number of aldehydes is 1. The lowest BCUT2D eigenvalue weighted by Gasteiger charge is -2.02. The number of halogens is 1. The van der Waals surface area contributed by atoms with Gasteiger partial charge in [0, 0.05) is 5.88 Å². The van der Waals surface area contributed by atoms with Gasteiger partial charge in [-0.15, -0.1) is 11.6 Å². The molecule has 0 heterocycles. The minimum Gasteiger partial charge on any atom is -0.299 e. The Kier molecular flexibility index (Phi) is 17.4. The molecule has 0 aromatic heterocycles. The molecule has 0 radical (unpaired) electrons. The van der Waals surface area contributed by atoms with Crippen molar-refractivity contribution in [2.45, 2.75) is 83.5 Å². The summed E-state index contributed by atoms with van der Waals surface area (Å²) in [6.07, 6.45) is 21.6. The van der Waals surface area contributed by atoms with Gasteiger partial charge in [-0.05, 0) is 25.3 Å². The molecule has 0 amide bonds. The van der Waals surface area contributed by atoms with Crippen LogP contribution in [0.15, 0.2) is 12.2 Å².